The fourth-order valence-electron chi connectivity index (χ4n) is 4.14. The highest BCUT2D eigenvalue weighted by Gasteiger charge is 2.34. The summed E-state index contributed by atoms with van der Waals surface area (Å²) >= 11 is 0. The van der Waals surface area contributed by atoms with Crippen LogP contribution in [0.25, 0.3) is 0 Å². The Morgan fingerprint density at radius 1 is 1.16 bits per heavy atom. The van der Waals surface area contributed by atoms with Gasteiger partial charge in [0.05, 0.1) is 11.8 Å². The molecule has 0 aliphatic carbocycles. The Morgan fingerprint density at radius 3 is 2.71 bits per heavy atom. The zero-order valence-corrected chi connectivity index (χ0v) is 18.2. The second-order valence-corrected chi connectivity index (χ2v) is 8.37. The molecule has 0 spiro atoms. The van der Waals surface area contributed by atoms with E-state index < -0.39 is 5.60 Å². The summed E-state index contributed by atoms with van der Waals surface area (Å²) in [7, 11) is 4.00. The first-order valence-electron chi connectivity index (χ1n) is 10.6. The number of aryl methyl sites for hydroxylation is 1. The fraction of sp³-hybridized carbons (Fsp3) is 0.435. The summed E-state index contributed by atoms with van der Waals surface area (Å²) in [5.41, 5.74) is 0.410. The van der Waals surface area contributed by atoms with E-state index in [0.717, 1.165) is 43.3 Å². The molecule has 0 bridgehead atoms. The molecule has 164 valence electrons. The van der Waals surface area contributed by atoms with E-state index in [9.17, 15) is 5.11 Å². The van der Waals surface area contributed by atoms with Crippen molar-refractivity contribution in [2.45, 2.75) is 31.6 Å². The highest BCUT2D eigenvalue weighted by molar-refractivity contribution is 5.36. The van der Waals surface area contributed by atoms with E-state index in [1.54, 1.807) is 24.8 Å². The second kappa shape index (κ2) is 9.45. The number of nitrogens with zero attached hydrogens (tertiary/aromatic N) is 6. The summed E-state index contributed by atoms with van der Waals surface area (Å²) in [5.74, 6) is 2.53. The van der Waals surface area contributed by atoms with Gasteiger partial charge in [0.25, 0.3) is 0 Å². The Morgan fingerprint density at radius 2 is 2.00 bits per heavy atom. The van der Waals surface area contributed by atoms with Crippen LogP contribution in [-0.4, -0.2) is 61.8 Å². The number of benzene rings is 1. The van der Waals surface area contributed by atoms with E-state index in [0.29, 0.717) is 19.7 Å². The van der Waals surface area contributed by atoms with E-state index in [2.05, 4.69) is 36.9 Å². The standard InChI is InChI=1S/C23H30N6O2/c1-27(17-23(30)8-3-12-29(18-23)21-14-24-9-10-25-21)15-19-4-6-20(7-5-19)31-16-22-26-11-13-28(22)2/h4-7,9-11,13-14,30H,3,8,12,15-18H2,1-2H3/t23-/m1/s1. The SMILES string of the molecule is CN(Cc1ccc(OCc2nccn2C)cc1)C[C@]1(O)CCCN(c2cnccn2)C1. The lowest BCUT2D eigenvalue weighted by atomic mass is 9.92. The largest absolute Gasteiger partial charge is 0.486 e. The normalized spacial score (nSPS) is 19.0. The molecule has 3 heterocycles. The van der Waals surface area contributed by atoms with E-state index in [1.165, 1.54) is 5.56 Å². The number of rotatable bonds is 8. The topological polar surface area (TPSA) is 79.5 Å². The molecule has 8 nitrogen and oxygen atoms in total. The molecule has 1 saturated heterocycles. The van der Waals surface area contributed by atoms with Gasteiger partial charge in [-0.3, -0.25) is 9.88 Å². The third-order valence-corrected chi connectivity index (χ3v) is 5.66. The zero-order chi connectivity index (χ0) is 21.7. The summed E-state index contributed by atoms with van der Waals surface area (Å²) in [6.07, 6.45) is 10.5. The molecular weight excluding hydrogens is 392 g/mol. The van der Waals surface area contributed by atoms with Crippen molar-refractivity contribution < 1.29 is 9.84 Å². The predicted molar refractivity (Wildman–Crippen MR) is 119 cm³/mol. The molecule has 0 unspecified atom stereocenters. The van der Waals surface area contributed by atoms with Crippen molar-refractivity contribution in [3.63, 3.8) is 0 Å². The fourth-order valence-corrected chi connectivity index (χ4v) is 4.14. The number of aromatic nitrogens is 4. The molecule has 1 aliphatic rings. The molecule has 0 amide bonds. The molecule has 3 aromatic rings. The van der Waals surface area contributed by atoms with Gasteiger partial charge in [0.2, 0.25) is 0 Å². The molecule has 1 aliphatic heterocycles. The summed E-state index contributed by atoms with van der Waals surface area (Å²) < 4.78 is 7.78. The van der Waals surface area contributed by atoms with Crippen molar-refractivity contribution in [1.29, 1.82) is 0 Å². The Labute approximate surface area is 183 Å². The van der Waals surface area contributed by atoms with Gasteiger partial charge in [-0.2, -0.15) is 0 Å². The van der Waals surface area contributed by atoms with E-state index in [1.807, 2.05) is 37.0 Å². The van der Waals surface area contributed by atoms with Crippen LogP contribution in [0.5, 0.6) is 5.75 Å². The van der Waals surface area contributed by atoms with Gasteiger partial charge in [0, 0.05) is 58.0 Å². The van der Waals surface area contributed by atoms with Crippen molar-refractivity contribution in [2.24, 2.45) is 7.05 Å². The highest BCUT2D eigenvalue weighted by atomic mass is 16.5. The molecule has 1 N–H and O–H groups in total. The number of imidazole rings is 1. The number of β-amino-alcohol motifs (C(OH)–C–C–N with tert-alkyl or cyclic N) is 1. The van der Waals surface area contributed by atoms with Crippen LogP contribution in [-0.2, 0) is 20.2 Å². The maximum absolute atomic E-state index is 11.2. The van der Waals surface area contributed by atoms with Crippen molar-refractivity contribution >= 4 is 5.82 Å². The van der Waals surface area contributed by atoms with Crippen molar-refractivity contribution in [3.05, 3.63) is 66.6 Å². The van der Waals surface area contributed by atoms with Crippen LogP contribution >= 0.6 is 0 Å². The Kier molecular flexibility index (Phi) is 6.48. The minimum absolute atomic E-state index is 0.443. The lowest BCUT2D eigenvalue weighted by Crippen LogP contribution is -2.54. The third-order valence-electron chi connectivity index (χ3n) is 5.66. The first-order chi connectivity index (χ1) is 15.0. The first kappa shape index (κ1) is 21.3. The molecule has 1 atom stereocenters. The van der Waals surface area contributed by atoms with Crippen molar-refractivity contribution in [2.75, 3.05) is 31.6 Å². The third kappa shape index (κ3) is 5.59. The van der Waals surface area contributed by atoms with Gasteiger partial charge >= 0.3 is 0 Å². The lowest BCUT2D eigenvalue weighted by Gasteiger charge is -2.41. The summed E-state index contributed by atoms with van der Waals surface area (Å²) in [6.45, 7) is 3.26. The molecule has 31 heavy (non-hydrogen) atoms. The maximum Gasteiger partial charge on any atom is 0.147 e. The minimum atomic E-state index is -0.768. The molecule has 1 aromatic carbocycles. The average molecular weight is 423 g/mol. The molecule has 2 aromatic heterocycles. The first-order valence-corrected chi connectivity index (χ1v) is 10.6. The van der Waals surface area contributed by atoms with Crippen LogP contribution in [0.3, 0.4) is 0 Å². The lowest BCUT2D eigenvalue weighted by molar-refractivity contribution is -0.00349. The van der Waals surface area contributed by atoms with Gasteiger partial charge in [-0.15, -0.1) is 0 Å². The number of hydrogen-bond acceptors (Lipinski definition) is 7. The number of hydrogen-bond donors (Lipinski definition) is 1. The number of aliphatic hydroxyl groups is 1. The Hall–Kier alpha value is -2.97. The minimum Gasteiger partial charge on any atom is -0.486 e. The van der Waals surface area contributed by atoms with Gasteiger partial charge in [-0.05, 0) is 37.6 Å². The number of ether oxygens (including phenoxy) is 1. The van der Waals surface area contributed by atoms with Gasteiger partial charge in [-0.25, -0.2) is 9.97 Å². The summed E-state index contributed by atoms with van der Waals surface area (Å²) in [4.78, 5) is 17.1. The monoisotopic (exact) mass is 422 g/mol. The van der Waals surface area contributed by atoms with Gasteiger partial charge < -0.3 is 19.3 Å². The Bertz CT molecular complexity index is 962. The van der Waals surface area contributed by atoms with E-state index in [-0.39, 0.29) is 0 Å². The average Bonchev–Trinajstić information content (AvgIpc) is 3.18. The van der Waals surface area contributed by atoms with Crippen LogP contribution in [0.1, 0.15) is 24.2 Å². The van der Waals surface area contributed by atoms with Crippen molar-refractivity contribution in [1.82, 2.24) is 24.4 Å². The summed E-state index contributed by atoms with van der Waals surface area (Å²) in [6, 6.07) is 8.11. The van der Waals surface area contributed by atoms with Crippen LogP contribution in [0.4, 0.5) is 5.82 Å². The molecule has 0 saturated carbocycles. The number of piperidine rings is 1. The van der Waals surface area contributed by atoms with Gasteiger partial charge in [-0.1, -0.05) is 12.1 Å². The van der Waals surface area contributed by atoms with E-state index in [4.69, 9.17) is 4.74 Å². The molecular formula is C23H30N6O2. The van der Waals surface area contributed by atoms with Gasteiger partial charge in [0.1, 0.15) is 24.0 Å². The highest BCUT2D eigenvalue weighted by Crippen LogP contribution is 2.25. The van der Waals surface area contributed by atoms with E-state index >= 15 is 0 Å². The number of likely N-dealkylation sites (N-methyl/N-ethyl adjacent to an activating group) is 1. The number of anilines is 1. The smallest absolute Gasteiger partial charge is 0.147 e. The van der Waals surface area contributed by atoms with Crippen molar-refractivity contribution in [3.8, 4) is 5.75 Å². The van der Waals surface area contributed by atoms with Gasteiger partial charge in [0.15, 0.2) is 0 Å². The summed E-state index contributed by atoms with van der Waals surface area (Å²) in [5, 5.41) is 11.2. The maximum atomic E-state index is 11.2. The van der Waals surface area contributed by atoms with Crippen LogP contribution in [0.2, 0.25) is 0 Å². The molecule has 8 heteroatoms. The van der Waals surface area contributed by atoms with Crippen LogP contribution in [0.15, 0.2) is 55.2 Å². The Balaban J connectivity index is 1.29. The zero-order valence-electron chi connectivity index (χ0n) is 18.2. The molecule has 4 rings (SSSR count). The quantitative estimate of drug-likeness (QED) is 0.596. The second-order valence-electron chi connectivity index (χ2n) is 8.37. The molecule has 1 fully saturated rings. The van der Waals surface area contributed by atoms with Crippen LogP contribution in [0, 0.1) is 0 Å². The predicted octanol–water partition coefficient (Wildman–Crippen LogP) is 2.25. The van der Waals surface area contributed by atoms with Crippen LogP contribution < -0.4 is 9.64 Å². The molecule has 0 radical (unpaired) electrons.